The van der Waals surface area contributed by atoms with Crippen LogP contribution >= 0.6 is 24.0 Å². The Balaban J connectivity index is 1.37. The van der Waals surface area contributed by atoms with Gasteiger partial charge in [0, 0.05) is 0 Å². The van der Waals surface area contributed by atoms with E-state index in [1.807, 2.05) is 37.3 Å². The maximum atomic E-state index is 13.1. The predicted octanol–water partition coefficient (Wildman–Crippen LogP) is 6.69. The van der Waals surface area contributed by atoms with Gasteiger partial charge >= 0.3 is 6.18 Å². The molecule has 1 aliphatic heterocycles. The van der Waals surface area contributed by atoms with Gasteiger partial charge in [-0.3, -0.25) is 14.5 Å². The van der Waals surface area contributed by atoms with Gasteiger partial charge < -0.3 is 10.1 Å². The Morgan fingerprint density at radius 1 is 1.05 bits per heavy atom. The van der Waals surface area contributed by atoms with E-state index in [0.29, 0.717) is 15.0 Å². The van der Waals surface area contributed by atoms with Crippen LogP contribution in [0.25, 0.3) is 6.08 Å². The third-order valence-electron chi connectivity index (χ3n) is 5.55. The summed E-state index contributed by atoms with van der Waals surface area (Å²) in [5.41, 5.74) is 0.436. The lowest BCUT2D eigenvalue weighted by atomic mass is 10.1. The van der Waals surface area contributed by atoms with Gasteiger partial charge in [0.25, 0.3) is 11.8 Å². The summed E-state index contributed by atoms with van der Waals surface area (Å²) in [5, 5.41) is 2.23. The molecule has 0 bridgehead atoms. The number of carbonyl (C=O) groups is 2. The Bertz CT molecular complexity index is 1340. The highest BCUT2D eigenvalue weighted by Crippen LogP contribution is 2.38. The molecule has 0 radical (unpaired) electrons. The SMILES string of the molecule is C[C@@H](c1ccccc1)N1C(=O)/C(=C/c2ccc(OCC(=O)Nc3ccccc3C(F)(F)F)cc2)SC1=S. The van der Waals surface area contributed by atoms with Crippen LogP contribution < -0.4 is 10.1 Å². The molecule has 190 valence electrons. The molecule has 1 atom stereocenters. The molecule has 1 heterocycles. The lowest BCUT2D eigenvalue weighted by molar-refractivity contribution is -0.137. The second kappa shape index (κ2) is 11.2. The molecule has 4 rings (SSSR count). The molecule has 5 nitrogen and oxygen atoms in total. The fourth-order valence-corrected chi connectivity index (χ4v) is 5.10. The van der Waals surface area contributed by atoms with Gasteiger partial charge in [0.2, 0.25) is 0 Å². The molecule has 1 N–H and O–H groups in total. The van der Waals surface area contributed by atoms with E-state index in [-0.39, 0.29) is 17.6 Å². The molecule has 37 heavy (non-hydrogen) atoms. The van der Waals surface area contributed by atoms with E-state index < -0.39 is 24.3 Å². The minimum absolute atomic E-state index is 0.178. The number of rotatable bonds is 7. The van der Waals surface area contributed by atoms with E-state index in [2.05, 4.69) is 5.32 Å². The molecule has 0 spiro atoms. The van der Waals surface area contributed by atoms with E-state index in [4.69, 9.17) is 17.0 Å². The van der Waals surface area contributed by atoms with Gasteiger partial charge in [0.1, 0.15) is 10.1 Å². The Hall–Kier alpha value is -3.63. The van der Waals surface area contributed by atoms with Crippen molar-refractivity contribution < 1.29 is 27.5 Å². The molecule has 1 aliphatic rings. The number of carbonyl (C=O) groups excluding carboxylic acids is 2. The number of nitrogens with zero attached hydrogens (tertiary/aromatic N) is 1. The van der Waals surface area contributed by atoms with E-state index in [9.17, 15) is 22.8 Å². The Labute approximate surface area is 221 Å². The number of hydrogen-bond donors (Lipinski definition) is 1. The van der Waals surface area contributed by atoms with Crippen LogP contribution in [0.15, 0.2) is 83.8 Å². The van der Waals surface area contributed by atoms with Crippen molar-refractivity contribution in [2.75, 3.05) is 11.9 Å². The molecule has 2 amide bonds. The van der Waals surface area contributed by atoms with Crippen LogP contribution in [0.5, 0.6) is 5.75 Å². The number of thiocarbonyl (C=S) groups is 1. The molecule has 1 saturated heterocycles. The van der Waals surface area contributed by atoms with E-state index in [1.54, 1.807) is 35.2 Å². The Morgan fingerprint density at radius 3 is 2.38 bits per heavy atom. The van der Waals surface area contributed by atoms with Gasteiger partial charge in [-0.2, -0.15) is 13.2 Å². The lowest BCUT2D eigenvalue weighted by Gasteiger charge is -2.23. The third kappa shape index (κ3) is 6.39. The Morgan fingerprint density at radius 2 is 1.70 bits per heavy atom. The van der Waals surface area contributed by atoms with Crippen molar-refractivity contribution in [3.8, 4) is 5.75 Å². The van der Waals surface area contributed by atoms with Crippen molar-refractivity contribution in [2.24, 2.45) is 0 Å². The molecular formula is C27H21F3N2O3S2. The average molecular weight is 543 g/mol. The highest BCUT2D eigenvalue weighted by Gasteiger charge is 2.36. The summed E-state index contributed by atoms with van der Waals surface area (Å²) in [5.74, 6) is -0.555. The molecule has 0 aromatic heterocycles. The first-order valence-electron chi connectivity index (χ1n) is 11.1. The standard InChI is InChI=1S/C27H21F3N2O3S2/c1-17(19-7-3-2-4-8-19)32-25(34)23(37-26(32)36)15-18-11-13-20(14-12-18)35-16-24(33)31-22-10-6-5-9-21(22)27(28,29)30/h2-15,17H,16H2,1H3,(H,31,33)/b23-15-/t17-/m0/s1. The molecule has 1 fully saturated rings. The van der Waals surface area contributed by atoms with E-state index >= 15 is 0 Å². The number of para-hydroxylation sites is 1. The summed E-state index contributed by atoms with van der Waals surface area (Å²) in [6.07, 6.45) is -2.87. The highest BCUT2D eigenvalue weighted by atomic mass is 32.2. The van der Waals surface area contributed by atoms with Crippen molar-refractivity contribution in [1.29, 1.82) is 0 Å². The first-order valence-corrected chi connectivity index (χ1v) is 12.4. The zero-order chi connectivity index (χ0) is 26.6. The predicted molar refractivity (Wildman–Crippen MR) is 142 cm³/mol. The summed E-state index contributed by atoms with van der Waals surface area (Å²) < 4.78 is 45.2. The van der Waals surface area contributed by atoms with Crippen LogP contribution in [0.2, 0.25) is 0 Å². The minimum atomic E-state index is -4.59. The van der Waals surface area contributed by atoms with Gasteiger partial charge in [0.15, 0.2) is 6.61 Å². The van der Waals surface area contributed by atoms with Crippen LogP contribution in [-0.4, -0.2) is 27.6 Å². The zero-order valence-corrected chi connectivity index (χ0v) is 21.1. The third-order valence-corrected chi connectivity index (χ3v) is 6.88. The van der Waals surface area contributed by atoms with E-state index in [1.165, 1.54) is 30.0 Å². The van der Waals surface area contributed by atoms with Crippen LogP contribution in [0, 0.1) is 0 Å². The lowest BCUT2D eigenvalue weighted by Crippen LogP contribution is -2.30. The molecule has 0 unspecified atom stereocenters. The number of benzene rings is 3. The second-order valence-corrected chi connectivity index (χ2v) is 9.76. The topological polar surface area (TPSA) is 58.6 Å². The average Bonchev–Trinajstić information content (AvgIpc) is 3.15. The normalized spacial score (nSPS) is 15.7. The van der Waals surface area contributed by atoms with Crippen molar-refractivity contribution in [3.05, 3.63) is 100 Å². The fraction of sp³-hybridized carbons (Fsp3) is 0.148. The number of ether oxygens (including phenoxy) is 1. The number of hydrogen-bond acceptors (Lipinski definition) is 5. The number of alkyl halides is 3. The largest absolute Gasteiger partial charge is 0.484 e. The monoisotopic (exact) mass is 542 g/mol. The van der Waals surface area contributed by atoms with Gasteiger partial charge in [-0.15, -0.1) is 0 Å². The van der Waals surface area contributed by atoms with E-state index in [0.717, 1.165) is 17.2 Å². The molecule has 3 aromatic rings. The number of nitrogens with one attached hydrogen (secondary N) is 1. The number of halogens is 3. The summed E-state index contributed by atoms with van der Waals surface area (Å²) in [6.45, 7) is 1.45. The van der Waals surface area contributed by atoms with Crippen molar-refractivity contribution in [1.82, 2.24) is 4.90 Å². The fourth-order valence-electron chi connectivity index (χ4n) is 3.68. The summed E-state index contributed by atoms with van der Waals surface area (Å²) in [4.78, 5) is 27.3. The number of anilines is 1. The van der Waals surface area contributed by atoms with Gasteiger partial charge in [-0.05, 0) is 48.4 Å². The smallest absolute Gasteiger partial charge is 0.418 e. The molecule has 10 heteroatoms. The maximum Gasteiger partial charge on any atom is 0.418 e. The molecular weight excluding hydrogens is 521 g/mol. The van der Waals surface area contributed by atoms with Crippen molar-refractivity contribution >= 4 is 51.9 Å². The molecule has 0 aliphatic carbocycles. The van der Waals surface area contributed by atoms with Crippen LogP contribution in [-0.2, 0) is 15.8 Å². The molecule has 3 aromatic carbocycles. The summed E-state index contributed by atoms with van der Waals surface area (Å²) in [7, 11) is 0. The maximum absolute atomic E-state index is 13.1. The van der Waals surface area contributed by atoms with Crippen molar-refractivity contribution in [3.63, 3.8) is 0 Å². The first kappa shape index (κ1) is 26.4. The minimum Gasteiger partial charge on any atom is -0.484 e. The quantitative estimate of drug-likeness (QED) is 0.267. The van der Waals surface area contributed by atoms with Crippen molar-refractivity contribution in [2.45, 2.75) is 19.1 Å². The van der Waals surface area contributed by atoms with Crippen LogP contribution in [0.3, 0.4) is 0 Å². The second-order valence-electron chi connectivity index (χ2n) is 8.09. The highest BCUT2D eigenvalue weighted by molar-refractivity contribution is 8.26. The molecule has 0 saturated carbocycles. The van der Waals surface area contributed by atoms with Gasteiger partial charge in [-0.1, -0.05) is 78.6 Å². The first-order chi connectivity index (χ1) is 17.6. The summed E-state index contributed by atoms with van der Waals surface area (Å²) >= 11 is 6.68. The Kier molecular flexibility index (Phi) is 7.99. The summed E-state index contributed by atoms with van der Waals surface area (Å²) in [6, 6.07) is 20.8. The zero-order valence-electron chi connectivity index (χ0n) is 19.5. The number of amides is 2. The number of thioether (sulfide) groups is 1. The van der Waals surface area contributed by atoms with Crippen LogP contribution in [0.4, 0.5) is 18.9 Å². The van der Waals surface area contributed by atoms with Crippen LogP contribution in [0.1, 0.15) is 29.7 Å². The van der Waals surface area contributed by atoms with Gasteiger partial charge in [-0.25, -0.2) is 0 Å². The van der Waals surface area contributed by atoms with Gasteiger partial charge in [0.05, 0.1) is 22.2 Å².